The summed E-state index contributed by atoms with van der Waals surface area (Å²) in [5, 5.41) is 3.42. The second-order valence-corrected chi connectivity index (χ2v) is 5.39. The molecule has 0 radical (unpaired) electrons. The lowest BCUT2D eigenvalue weighted by molar-refractivity contribution is 0.0299. The van der Waals surface area contributed by atoms with Crippen molar-refractivity contribution < 1.29 is 0 Å². The van der Waals surface area contributed by atoms with E-state index in [-0.39, 0.29) is 0 Å². The van der Waals surface area contributed by atoms with Crippen LogP contribution in [0.4, 0.5) is 0 Å². The van der Waals surface area contributed by atoms with Crippen LogP contribution < -0.4 is 5.32 Å². The van der Waals surface area contributed by atoms with Crippen molar-refractivity contribution in [2.75, 3.05) is 19.6 Å². The van der Waals surface area contributed by atoms with E-state index in [2.05, 4.69) is 10.2 Å². The molecular formula is C12H22N2. The molecule has 0 amide bonds. The minimum absolute atomic E-state index is 0.658. The highest BCUT2D eigenvalue weighted by Gasteiger charge is 2.45. The average molecular weight is 194 g/mol. The van der Waals surface area contributed by atoms with E-state index in [0.717, 1.165) is 6.04 Å². The van der Waals surface area contributed by atoms with Crippen LogP contribution in [-0.4, -0.2) is 36.1 Å². The van der Waals surface area contributed by atoms with Crippen molar-refractivity contribution in [3.8, 4) is 0 Å². The number of likely N-dealkylation sites (tertiary alicyclic amines) is 1. The Hall–Kier alpha value is -0.0800. The molecule has 2 saturated heterocycles. The smallest absolute Gasteiger partial charge is 0.0350 e. The van der Waals surface area contributed by atoms with Crippen LogP contribution in [0.3, 0.4) is 0 Å². The van der Waals surface area contributed by atoms with Gasteiger partial charge in [-0.05, 0) is 32.2 Å². The molecule has 0 aromatic heterocycles. The Morgan fingerprint density at radius 1 is 0.929 bits per heavy atom. The zero-order chi connectivity index (χ0) is 9.43. The largest absolute Gasteiger partial charge is 0.314 e. The summed E-state index contributed by atoms with van der Waals surface area (Å²) >= 11 is 0. The van der Waals surface area contributed by atoms with Gasteiger partial charge in [-0.1, -0.05) is 19.3 Å². The number of nitrogens with zero attached hydrogens (tertiary/aromatic N) is 1. The van der Waals surface area contributed by atoms with Gasteiger partial charge < -0.3 is 5.32 Å². The van der Waals surface area contributed by atoms with Crippen molar-refractivity contribution in [3.05, 3.63) is 0 Å². The van der Waals surface area contributed by atoms with Gasteiger partial charge in [0.25, 0.3) is 0 Å². The van der Waals surface area contributed by atoms with E-state index in [1.165, 1.54) is 64.6 Å². The fourth-order valence-electron chi connectivity index (χ4n) is 3.77. The molecule has 3 rings (SSSR count). The first-order chi connectivity index (χ1) is 6.91. The normalized spacial score (nSPS) is 33.4. The topological polar surface area (TPSA) is 15.3 Å². The molecule has 0 unspecified atom stereocenters. The molecule has 80 valence electrons. The fourth-order valence-corrected chi connectivity index (χ4v) is 3.77. The van der Waals surface area contributed by atoms with Crippen molar-refractivity contribution in [1.29, 1.82) is 0 Å². The summed E-state index contributed by atoms with van der Waals surface area (Å²) in [5.41, 5.74) is 0.658. The summed E-state index contributed by atoms with van der Waals surface area (Å²) in [6.45, 7) is 3.88. The first-order valence-electron chi connectivity index (χ1n) is 6.38. The fraction of sp³-hybridized carbons (Fsp3) is 1.00. The Bertz CT molecular complexity index is 204. The SMILES string of the molecule is C1CCC2(CC1)CCCN2C1CNC1. The molecule has 3 aliphatic rings. The zero-order valence-electron chi connectivity index (χ0n) is 9.10. The maximum atomic E-state index is 3.42. The number of hydrogen-bond acceptors (Lipinski definition) is 2. The predicted molar refractivity (Wildman–Crippen MR) is 58.4 cm³/mol. The summed E-state index contributed by atoms with van der Waals surface area (Å²) in [6, 6.07) is 0.885. The van der Waals surface area contributed by atoms with Crippen LogP contribution in [0.2, 0.25) is 0 Å². The van der Waals surface area contributed by atoms with Gasteiger partial charge in [0.15, 0.2) is 0 Å². The molecule has 2 nitrogen and oxygen atoms in total. The van der Waals surface area contributed by atoms with Crippen LogP contribution in [0.25, 0.3) is 0 Å². The van der Waals surface area contributed by atoms with Crippen molar-refractivity contribution in [2.45, 2.75) is 56.5 Å². The standard InChI is InChI=1S/C12H22N2/c1-2-5-12(6-3-1)7-4-8-14(12)11-9-13-10-11/h11,13H,1-10H2. The molecule has 14 heavy (non-hydrogen) atoms. The lowest BCUT2D eigenvalue weighted by Gasteiger charge is -2.48. The van der Waals surface area contributed by atoms with Crippen LogP contribution in [0.1, 0.15) is 44.9 Å². The predicted octanol–water partition coefficient (Wildman–Crippen LogP) is 1.76. The number of hydrogen-bond donors (Lipinski definition) is 1. The van der Waals surface area contributed by atoms with E-state index in [4.69, 9.17) is 0 Å². The maximum Gasteiger partial charge on any atom is 0.0350 e. The molecule has 3 fully saturated rings. The van der Waals surface area contributed by atoms with Gasteiger partial charge in [-0.15, -0.1) is 0 Å². The van der Waals surface area contributed by atoms with Gasteiger partial charge in [-0.25, -0.2) is 0 Å². The van der Waals surface area contributed by atoms with Crippen molar-refractivity contribution >= 4 is 0 Å². The molecule has 0 atom stereocenters. The molecule has 0 bridgehead atoms. The molecule has 2 heterocycles. The van der Waals surface area contributed by atoms with E-state index >= 15 is 0 Å². The van der Waals surface area contributed by atoms with E-state index in [9.17, 15) is 0 Å². The highest BCUT2D eigenvalue weighted by Crippen LogP contribution is 2.43. The highest BCUT2D eigenvalue weighted by atomic mass is 15.3. The summed E-state index contributed by atoms with van der Waals surface area (Å²) in [7, 11) is 0. The Morgan fingerprint density at radius 3 is 2.29 bits per heavy atom. The summed E-state index contributed by atoms with van der Waals surface area (Å²) < 4.78 is 0. The Kier molecular flexibility index (Phi) is 2.29. The van der Waals surface area contributed by atoms with Gasteiger partial charge in [-0.3, -0.25) is 4.90 Å². The van der Waals surface area contributed by atoms with Crippen LogP contribution in [-0.2, 0) is 0 Å². The van der Waals surface area contributed by atoms with Crippen molar-refractivity contribution in [3.63, 3.8) is 0 Å². The zero-order valence-corrected chi connectivity index (χ0v) is 9.10. The minimum atomic E-state index is 0.658. The lowest BCUT2D eigenvalue weighted by atomic mass is 9.79. The van der Waals surface area contributed by atoms with E-state index < -0.39 is 0 Å². The maximum absolute atomic E-state index is 3.42. The Morgan fingerprint density at radius 2 is 1.64 bits per heavy atom. The van der Waals surface area contributed by atoms with Crippen LogP contribution in [0.15, 0.2) is 0 Å². The molecule has 1 saturated carbocycles. The van der Waals surface area contributed by atoms with E-state index in [1.807, 2.05) is 0 Å². The summed E-state index contributed by atoms with van der Waals surface area (Å²) in [4.78, 5) is 2.86. The lowest BCUT2D eigenvalue weighted by Crippen LogP contribution is -2.62. The third-order valence-corrected chi connectivity index (χ3v) is 4.64. The van der Waals surface area contributed by atoms with Crippen LogP contribution >= 0.6 is 0 Å². The van der Waals surface area contributed by atoms with Crippen molar-refractivity contribution in [2.24, 2.45) is 0 Å². The third-order valence-electron chi connectivity index (χ3n) is 4.64. The second kappa shape index (κ2) is 3.49. The number of nitrogens with one attached hydrogen (secondary N) is 1. The summed E-state index contributed by atoms with van der Waals surface area (Å²) in [5.74, 6) is 0. The first-order valence-corrected chi connectivity index (χ1v) is 6.38. The minimum Gasteiger partial charge on any atom is -0.314 e. The molecule has 2 aliphatic heterocycles. The van der Waals surface area contributed by atoms with Gasteiger partial charge in [-0.2, -0.15) is 0 Å². The van der Waals surface area contributed by atoms with Gasteiger partial charge >= 0.3 is 0 Å². The molecule has 0 aromatic rings. The molecule has 1 N–H and O–H groups in total. The molecule has 2 heteroatoms. The monoisotopic (exact) mass is 194 g/mol. The second-order valence-electron chi connectivity index (χ2n) is 5.39. The van der Waals surface area contributed by atoms with E-state index in [1.54, 1.807) is 0 Å². The van der Waals surface area contributed by atoms with Gasteiger partial charge in [0.05, 0.1) is 0 Å². The van der Waals surface area contributed by atoms with Gasteiger partial charge in [0.2, 0.25) is 0 Å². The molecule has 0 aromatic carbocycles. The summed E-state index contributed by atoms with van der Waals surface area (Å²) in [6.07, 6.45) is 10.4. The average Bonchev–Trinajstić information content (AvgIpc) is 2.49. The van der Waals surface area contributed by atoms with Crippen molar-refractivity contribution in [1.82, 2.24) is 10.2 Å². The van der Waals surface area contributed by atoms with Gasteiger partial charge in [0, 0.05) is 24.7 Å². The molecule has 1 aliphatic carbocycles. The quantitative estimate of drug-likeness (QED) is 0.684. The van der Waals surface area contributed by atoms with Crippen LogP contribution in [0, 0.1) is 0 Å². The highest BCUT2D eigenvalue weighted by molar-refractivity contribution is 5.02. The first kappa shape index (κ1) is 9.17. The number of rotatable bonds is 1. The van der Waals surface area contributed by atoms with Gasteiger partial charge in [0.1, 0.15) is 0 Å². The third kappa shape index (κ3) is 1.31. The van der Waals surface area contributed by atoms with Crippen LogP contribution in [0.5, 0.6) is 0 Å². The Balaban J connectivity index is 1.74. The van der Waals surface area contributed by atoms with E-state index in [0.29, 0.717) is 5.54 Å². The molecular weight excluding hydrogens is 172 g/mol. The molecule has 1 spiro atoms. The Labute approximate surface area is 87.0 Å².